The Bertz CT molecular complexity index is 876. The maximum Gasteiger partial charge on any atom is 0.387 e. The Morgan fingerprint density at radius 1 is 0.960 bits per heavy atom. The van der Waals surface area contributed by atoms with E-state index in [0.717, 1.165) is 6.07 Å². The van der Waals surface area contributed by atoms with Crippen LogP contribution in [-0.2, 0) is 0 Å². The van der Waals surface area contributed by atoms with Crippen LogP contribution in [-0.4, -0.2) is 22.6 Å². The third-order valence-electron chi connectivity index (χ3n) is 3.09. The predicted octanol–water partition coefficient (Wildman–Crippen LogP) is 1.86. The third-order valence-corrected chi connectivity index (χ3v) is 3.31. The largest absolute Gasteiger partial charge is 1.00 e. The molecule has 0 aliphatic heterocycles. The minimum Gasteiger partial charge on any atom is -1.00 e. The summed E-state index contributed by atoms with van der Waals surface area (Å²) in [5.41, 5.74) is 1.05. The molecule has 0 bridgehead atoms. The van der Waals surface area contributed by atoms with Gasteiger partial charge in [-0.05, 0) is 24.3 Å². The van der Waals surface area contributed by atoms with E-state index in [0.29, 0.717) is 16.4 Å². The molecule has 0 spiro atoms. The van der Waals surface area contributed by atoms with Gasteiger partial charge in [0.15, 0.2) is 0 Å². The van der Waals surface area contributed by atoms with Crippen molar-refractivity contribution in [2.45, 2.75) is 13.2 Å². The fourth-order valence-electron chi connectivity index (χ4n) is 2.18. The van der Waals surface area contributed by atoms with Gasteiger partial charge in [0.1, 0.15) is 17.1 Å². The van der Waals surface area contributed by atoms with Gasteiger partial charge in [0.2, 0.25) is 0 Å². The number of imidazole rings is 1. The van der Waals surface area contributed by atoms with Crippen molar-refractivity contribution in [3.63, 3.8) is 0 Å². The fourth-order valence-corrected chi connectivity index (χ4v) is 2.35. The first-order valence-electron chi connectivity index (χ1n) is 6.60. The van der Waals surface area contributed by atoms with Crippen LogP contribution in [0.15, 0.2) is 42.7 Å². The van der Waals surface area contributed by atoms with Crippen LogP contribution < -0.4 is 26.5 Å². The van der Waals surface area contributed by atoms with Gasteiger partial charge in [-0.15, -0.1) is 0 Å². The Kier molecular flexibility index (Phi) is 6.12. The number of halogens is 6. The van der Waals surface area contributed by atoms with Crippen LogP contribution in [0.25, 0.3) is 16.9 Å². The summed E-state index contributed by atoms with van der Waals surface area (Å²) in [6.07, 6.45) is 3.15. The Balaban J connectivity index is 0.00000225. The van der Waals surface area contributed by atoms with Crippen molar-refractivity contribution in [2.75, 3.05) is 0 Å². The molecule has 134 valence electrons. The fraction of sp³-hybridized carbons (Fsp3) is 0.133. The van der Waals surface area contributed by atoms with Crippen molar-refractivity contribution in [1.29, 1.82) is 0 Å². The van der Waals surface area contributed by atoms with Crippen LogP contribution in [0.4, 0.5) is 17.6 Å². The zero-order valence-electron chi connectivity index (χ0n) is 12.2. The minimum absolute atomic E-state index is 0. The van der Waals surface area contributed by atoms with E-state index in [-0.39, 0.29) is 34.0 Å². The zero-order valence-corrected chi connectivity index (χ0v) is 14.5. The van der Waals surface area contributed by atoms with Crippen LogP contribution in [0.5, 0.6) is 11.5 Å². The lowest BCUT2D eigenvalue weighted by Crippen LogP contribution is -3.00. The standard InChI is InChI=1S/C15H9ClF4N2O2.BrH/c16-8-1-4-13-21-11(7-22(13)6-8)10-3-2-9(23-14(17)18)5-12(10)24-15(19)20;/h1-7,14-15H;1H/p-1. The van der Waals surface area contributed by atoms with Gasteiger partial charge < -0.3 is 30.9 Å². The zero-order chi connectivity index (χ0) is 17.3. The summed E-state index contributed by atoms with van der Waals surface area (Å²) >= 11 is 5.88. The van der Waals surface area contributed by atoms with Crippen molar-refractivity contribution in [3.8, 4) is 22.8 Å². The highest BCUT2D eigenvalue weighted by atomic mass is 79.9. The van der Waals surface area contributed by atoms with E-state index in [1.54, 1.807) is 28.9 Å². The monoisotopic (exact) mass is 439 g/mol. The highest BCUT2D eigenvalue weighted by Gasteiger charge is 2.16. The van der Waals surface area contributed by atoms with E-state index in [4.69, 9.17) is 11.6 Å². The molecule has 3 rings (SSSR count). The summed E-state index contributed by atoms with van der Waals surface area (Å²) in [6.45, 7) is -6.20. The number of pyridine rings is 1. The number of benzene rings is 1. The Hall–Kier alpha value is -2.00. The molecule has 0 aliphatic carbocycles. The third kappa shape index (κ3) is 4.55. The molecule has 1 aromatic carbocycles. The SMILES string of the molecule is FC(F)Oc1ccc(-c2cn3cc(Cl)ccc3n2)c(OC(F)F)c1.[Br-]. The molecule has 0 unspecified atom stereocenters. The first-order chi connectivity index (χ1) is 11.4. The Labute approximate surface area is 154 Å². The average Bonchev–Trinajstić information content (AvgIpc) is 2.88. The molecular weight excluding hydrogens is 432 g/mol. The summed E-state index contributed by atoms with van der Waals surface area (Å²) in [6, 6.07) is 6.78. The number of fused-ring (bicyclic) bond motifs is 1. The lowest BCUT2D eigenvalue weighted by Gasteiger charge is -2.11. The first kappa shape index (κ1) is 19.3. The van der Waals surface area contributed by atoms with Crippen LogP contribution in [0.1, 0.15) is 0 Å². The van der Waals surface area contributed by atoms with Crippen LogP contribution in [0.3, 0.4) is 0 Å². The Morgan fingerprint density at radius 2 is 1.68 bits per heavy atom. The van der Waals surface area contributed by atoms with E-state index < -0.39 is 13.2 Å². The van der Waals surface area contributed by atoms with Gasteiger partial charge in [0.25, 0.3) is 0 Å². The quantitative estimate of drug-likeness (QED) is 0.569. The number of hydrogen-bond acceptors (Lipinski definition) is 3. The number of nitrogens with zero attached hydrogens (tertiary/aromatic N) is 2. The smallest absolute Gasteiger partial charge is 0.387 e. The number of aromatic nitrogens is 2. The molecule has 0 aliphatic rings. The predicted molar refractivity (Wildman–Crippen MR) is 78.9 cm³/mol. The van der Waals surface area contributed by atoms with Crippen LogP contribution >= 0.6 is 11.6 Å². The second kappa shape index (κ2) is 7.92. The second-order valence-corrected chi connectivity index (χ2v) is 5.09. The molecule has 2 heterocycles. The van der Waals surface area contributed by atoms with Gasteiger partial charge >= 0.3 is 13.2 Å². The summed E-state index contributed by atoms with van der Waals surface area (Å²) in [5, 5.41) is 0.469. The molecule has 3 aromatic rings. The molecule has 0 saturated carbocycles. The van der Waals surface area contributed by atoms with Crippen LogP contribution in [0.2, 0.25) is 5.02 Å². The summed E-state index contributed by atoms with van der Waals surface area (Å²) in [7, 11) is 0. The van der Waals surface area contributed by atoms with E-state index in [2.05, 4.69) is 14.5 Å². The maximum atomic E-state index is 12.6. The average molecular weight is 441 g/mol. The molecule has 4 nitrogen and oxygen atoms in total. The van der Waals surface area contributed by atoms with Crippen molar-refractivity contribution in [3.05, 3.63) is 47.7 Å². The van der Waals surface area contributed by atoms with Crippen LogP contribution in [0, 0.1) is 0 Å². The topological polar surface area (TPSA) is 35.8 Å². The highest BCUT2D eigenvalue weighted by Crippen LogP contribution is 2.34. The maximum absolute atomic E-state index is 12.6. The number of alkyl halides is 4. The van der Waals surface area contributed by atoms with Gasteiger partial charge in [-0.3, -0.25) is 0 Å². The molecule has 0 radical (unpaired) electrons. The summed E-state index contributed by atoms with van der Waals surface area (Å²) in [5.74, 6) is -0.617. The highest BCUT2D eigenvalue weighted by molar-refractivity contribution is 6.30. The molecule has 2 aromatic heterocycles. The Morgan fingerprint density at radius 3 is 2.36 bits per heavy atom. The van der Waals surface area contributed by atoms with Gasteiger partial charge in [0.05, 0.1) is 10.7 Å². The lowest BCUT2D eigenvalue weighted by atomic mass is 10.1. The van der Waals surface area contributed by atoms with E-state index in [1.165, 1.54) is 12.1 Å². The number of ether oxygens (including phenoxy) is 2. The molecule has 0 amide bonds. The lowest BCUT2D eigenvalue weighted by molar-refractivity contribution is -0.0540. The van der Waals surface area contributed by atoms with Crippen molar-refractivity contribution in [1.82, 2.24) is 9.38 Å². The normalized spacial score (nSPS) is 11.0. The van der Waals surface area contributed by atoms with Gasteiger partial charge in [-0.2, -0.15) is 17.6 Å². The van der Waals surface area contributed by atoms with Crippen molar-refractivity contribution in [2.24, 2.45) is 0 Å². The molecule has 0 atom stereocenters. The van der Waals surface area contributed by atoms with E-state index in [1.807, 2.05) is 0 Å². The summed E-state index contributed by atoms with van der Waals surface area (Å²) in [4.78, 5) is 4.27. The molecule has 0 saturated heterocycles. The number of hydrogen-bond donors (Lipinski definition) is 0. The molecule has 10 heteroatoms. The summed E-state index contributed by atoms with van der Waals surface area (Å²) < 4.78 is 60.0. The minimum atomic E-state index is -3.13. The van der Waals surface area contributed by atoms with E-state index in [9.17, 15) is 17.6 Å². The van der Waals surface area contributed by atoms with Gasteiger partial charge in [0, 0.05) is 24.0 Å². The molecular formula is C15H9BrClF4N2O2-. The molecule has 25 heavy (non-hydrogen) atoms. The molecule has 0 N–H and O–H groups in total. The van der Waals surface area contributed by atoms with Gasteiger partial charge in [-0.25, -0.2) is 4.98 Å². The van der Waals surface area contributed by atoms with Gasteiger partial charge in [-0.1, -0.05) is 11.6 Å². The number of rotatable bonds is 5. The first-order valence-corrected chi connectivity index (χ1v) is 6.98. The van der Waals surface area contributed by atoms with Crippen molar-refractivity contribution < 1.29 is 44.0 Å². The van der Waals surface area contributed by atoms with E-state index >= 15 is 0 Å². The van der Waals surface area contributed by atoms with Crippen molar-refractivity contribution >= 4 is 17.2 Å². The second-order valence-electron chi connectivity index (χ2n) is 4.65. The molecule has 0 fully saturated rings.